The maximum Gasteiger partial charge on any atom is 0.0640 e. The molecule has 1 heterocycles. The average Bonchev–Trinajstić information content (AvgIpc) is 3.83. The molecule has 0 saturated heterocycles. The minimum absolute atomic E-state index is 0.105. The Labute approximate surface area is 326 Å². The normalized spacial score (nSPS) is 14.4. The summed E-state index contributed by atoms with van der Waals surface area (Å²) in [6.07, 6.45) is 0. The molecule has 0 aliphatic heterocycles. The van der Waals surface area contributed by atoms with E-state index in [0.29, 0.717) is 0 Å². The molecule has 2 aliphatic carbocycles. The number of fused-ring (bicyclic) bond motifs is 9. The Morgan fingerprint density at radius 2 is 0.964 bits per heavy atom. The van der Waals surface area contributed by atoms with Crippen molar-refractivity contribution in [2.45, 2.75) is 31.6 Å². The van der Waals surface area contributed by atoms with Crippen molar-refractivity contribution in [3.8, 4) is 33.4 Å². The van der Waals surface area contributed by atoms with Crippen LogP contribution in [0.3, 0.4) is 0 Å². The van der Waals surface area contributed by atoms with Crippen LogP contribution in [0.15, 0.2) is 182 Å². The number of rotatable bonds is 5. The Kier molecular flexibility index (Phi) is 6.97. The summed E-state index contributed by atoms with van der Waals surface area (Å²) < 4.78 is 2.61. The van der Waals surface area contributed by atoms with Crippen LogP contribution in [0.25, 0.3) is 53.6 Å². The number of hydrogen-bond acceptors (Lipinski definition) is 2. The Morgan fingerprint density at radius 1 is 0.418 bits per heavy atom. The first-order chi connectivity index (χ1) is 26.9. The lowest BCUT2D eigenvalue weighted by molar-refractivity contribution is 0.660. The molecule has 0 amide bonds. The van der Waals surface area contributed by atoms with Crippen LogP contribution in [-0.2, 0) is 10.8 Å². The fourth-order valence-corrected chi connectivity index (χ4v) is 11.1. The summed E-state index contributed by atoms with van der Waals surface area (Å²) in [6, 6.07) is 67.7. The van der Waals surface area contributed by atoms with Gasteiger partial charge in [-0.1, -0.05) is 159 Å². The maximum absolute atomic E-state index is 2.49. The molecular formula is C53H39NS. The van der Waals surface area contributed by atoms with E-state index in [1.807, 2.05) is 11.3 Å². The minimum atomic E-state index is -0.287. The van der Waals surface area contributed by atoms with Crippen molar-refractivity contribution in [3.05, 3.63) is 210 Å². The lowest BCUT2D eigenvalue weighted by atomic mass is 9.73. The van der Waals surface area contributed by atoms with E-state index in [2.05, 4.69) is 208 Å². The molecule has 0 unspecified atom stereocenters. The van der Waals surface area contributed by atoms with Gasteiger partial charge in [0, 0.05) is 37.7 Å². The van der Waals surface area contributed by atoms with Crippen molar-refractivity contribution in [2.75, 3.05) is 4.90 Å². The molecule has 0 N–H and O–H groups in total. The molecule has 11 rings (SSSR count). The smallest absolute Gasteiger partial charge is 0.0640 e. The molecule has 0 bridgehead atoms. The molecule has 0 saturated carbocycles. The lowest BCUT2D eigenvalue weighted by Gasteiger charge is -2.29. The zero-order valence-electron chi connectivity index (χ0n) is 31.2. The van der Waals surface area contributed by atoms with E-state index in [1.54, 1.807) is 0 Å². The van der Waals surface area contributed by atoms with E-state index in [9.17, 15) is 0 Å². The van der Waals surface area contributed by atoms with Crippen LogP contribution in [-0.4, -0.2) is 0 Å². The third-order valence-electron chi connectivity index (χ3n) is 12.6. The van der Waals surface area contributed by atoms with Crippen molar-refractivity contribution >= 4 is 48.6 Å². The Morgan fingerprint density at radius 3 is 1.67 bits per heavy atom. The molecule has 0 atom stereocenters. The molecule has 55 heavy (non-hydrogen) atoms. The molecule has 2 aliphatic rings. The van der Waals surface area contributed by atoms with Crippen molar-refractivity contribution in [3.63, 3.8) is 0 Å². The quantitative estimate of drug-likeness (QED) is 0.171. The van der Waals surface area contributed by atoms with Crippen LogP contribution in [0.2, 0.25) is 0 Å². The summed E-state index contributed by atoms with van der Waals surface area (Å²) in [5.74, 6) is 0. The van der Waals surface area contributed by atoms with Gasteiger partial charge in [0.2, 0.25) is 0 Å². The lowest BCUT2D eigenvalue weighted by Crippen LogP contribution is -2.22. The van der Waals surface area contributed by atoms with E-state index in [0.717, 1.165) is 5.69 Å². The van der Waals surface area contributed by atoms with Gasteiger partial charge in [0.15, 0.2) is 0 Å². The van der Waals surface area contributed by atoms with Gasteiger partial charge >= 0.3 is 0 Å². The highest BCUT2D eigenvalue weighted by Gasteiger charge is 2.42. The summed E-state index contributed by atoms with van der Waals surface area (Å²) in [7, 11) is 0. The topological polar surface area (TPSA) is 3.24 Å². The van der Waals surface area contributed by atoms with Crippen LogP contribution in [0.5, 0.6) is 0 Å². The van der Waals surface area contributed by atoms with Crippen molar-refractivity contribution in [1.82, 2.24) is 0 Å². The van der Waals surface area contributed by atoms with E-state index < -0.39 is 0 Å². The van der Waals surface area contributed by atoms with Crippen molar-refractivity contribution in [2.24, 2.45) is 0 Å². The molecule has 2 heteroatoms. The molecule has 0 fully saturated rings. The molecule has 9 aromatic rings. The first kappa shape index (κ1) is 32.2. The third kappa shape index (κ3) is 4.59. The van der Waals surface area contributed by atoms with Crippen LogP contribution >= 0.6 is 11.3 Å². The molecule has 1 nitrogen and oxygen atoms in total. The van der Waals surface area contributed by atoms with Gasteiger partial charge < -0.3 is 4.90 Å². The van der Waals surface area contributed by atoms with E-state index in [1.165, 1.54) is 92.7 Å². The van der Waals surface area contributed by atoms with E-state index >= 15 is 0 Å². The Balaban J connectivity index is 1.14. The van der Waals surface area contributed by atoms with Gasteiger partial charge in [-0.05, 0) is 105 Å². The van der Waals surface area contributed by atoms with Gasteiger partial charge in [0.05, 0.1) is 10.4 Å². The Hall–Kier alpha value is -6.22. The summed E-state index contributed by atoms with van der Waals surface area (Å²) in [4.78, 5) is 2.49. The molecular weight excluding hydrogens is 683 g/mol. The monoisotopic (exact) mass is 721 g/mol. The molecule has 1 aromatic heterocycles. The highest BCUT2D eigenvalue weighted by atomic mass is 32.1. The molecule has 0 spiro atoms. The average molecular weight is 722 g/mol. The minimum Gasteiger partial charge on any atom is -0.309 e. The zero-order chi connectivity index (χ0) is 36.9. The maximum atomic E-state index is 2.49. The predicted octanol–water partition coefficient (Wildman–Crippen LogP) is 14.8. The highest BCUT2D eigenvalue weighted by Crippen LogP contribution is 2.56. The fraction of sp³-hybridized carbons (Fsp3) is 0.0943. The second kappa shape index (κ2) is 11.9. The largest absolute Gasteiger partial charge is 0.309 e. The van der Waals surface area contributed by atoms with Gasteiger partial charge in [-0.2, -0.15) is 0 Å². The summed E-state index contributed by atoms with van der Waals surface area (Å²) in [5, 5.41) is 2.65. The zero-order valence-corrected chi connectivity index (χ0v) is 32.0. The number of anilines is 3. The standard InChI is InChI=1S/C53H39NS/c1-52(2)43-21-10-7-17-38(43)41-32-31-37(33-47(41)52)54(36-29-27-35(28-30-36)34-15-5-4-6-16-34)48-25-13-20-42-50-46(24-14-26-49(50)55-51(42)48)53(3)44-22-11-8-18-39(44)40-19-9-12-23-45(40)53/h4-33H,1-3H3. The summed E-state index contributed by atoms with van der Waals surface area (Å²) in [5.41, 5.74) is 17.8. The molecule has 0 radical (unpaired) electrons. The van der Waals surface area contributed by atoms with Crippen molar-refractivity contribution in [1.29, 1.82) is 0 Å². The third-order valence-corrected chi connectivity index (χ3v) is 13.8. The second-order valence-electron chi connectivity index (χ2n) is 15.8. The van der Waals surface area contributed by atoms with Gasteiger partial charge in [-0.25, -0.2) is 0 Å². The number of thiophene rings is 1. The molecule has 8 aromatic carbocycles. The summed E-state index contributed by atoms with van der Waals surface area (Å²) >= 11 is 1.91. The van der Waals surface area contributed by atoms with Crippen LogP contribution < -0.4 is 4.90 Å². The predicted molar refractivity (Wildman–Crippen MR) is 234 cm³/mol. The Bertz CT molecular complexity index is 2920. The second-order valence-corrected chi connectivity index (χ2v) is 16.9. The molecule has 262 valence electrons. The SMILES string of the molecule is CC1(C)c2ccccc2-c2ccc(N(c3ccc(-c4ccccc4)cc3)c3cccc4c3sc3cccc(C5(C)c6ccccc6-c6ccccc65)c34)cc21. The van der Waals surface area contributed by atoms with Gasteiger partial charge in [-0.3, -0.25) is 0 Å². The van der Waals surface area contributed by atoms with Gasteiger partial charge in [-0.15, -0.1) is 11.3 Å². The van der Waals surface area contributed by atoms with Crippen LogP contribution in [0.4, 0.5) is 17.1 Å². The highest BCUT2D eigenvalue weighted by molar-refractivity contribution is 7.26. The number of hydrogen-bond donors (Lipinski definition) is 0. The fourth-order valence-electron chi connectivity index (χ4n) is 9.86. The number of nitrogens with zero attached hydrogens (tertiary/aromatic N) is 1. The first-order valence-electron chi connectivity index (χ1n) is 19.3. The van der Waals surface area contributed by atoms with E-state index in [-0.39, 0.29) is 10.8 Å². The first-order valence-corrected chi connectivity index (χ1v) is 20.1. The van der Waals surface area contributed by atoms with E-state index in [4.69, 9.17) is 0 Å². The van der Waals surface area contributed by atoms with Gasteiger partial charge in [0.1, 0.15) is 0 Å². The number of benzene rings is 8. The summed E-state index contributed by atoms with van der Waals surface area (Å²) in [6.45, 7) is 7.17. The van der Waals surface area contributed by atoms with Gasteiger partial charge in [0.25, 0.3) is 0 Å². The van der Waals surface area contributed by atoms with Crippen LogP contribution in [0.1, 0.15) is 48.6 Å². The van der Waals surface area contributed by atoms with Crippen LogP contribution in [0, 0.1) is 0 Å². The van der Waals surface area contributed by atoms with Crippen molar-refractivity contribution < 1.29 is 0 Å².